The molecule has 1 atom stereocenters. The molecule has 0 aliphatic heterocycles. The molecule has 0 radical (unpaired) electrons. The maximum Gasteiger partial charge on any atom is 0.224 e. The van der Waals surface area contributed by atoms with E-state index in [2.05, 4.69) is 10.6 Å². The Kier molecular flexibility index (Phi) is 7.25. The quantitative estimate of drug-likeness (QED) is 0.718. The minimum Gasteiger partial charge on any atom is -0.396 e. The van der Waals surface area contributed by atoms with Crippen molar-refractivity contribution in [2.24, 2.45) is 5.92 Å². The van der Waals surface area contributed by atoms with Crippen molar-refractivity contribution < 1.29 is 14.7 Å². The van der Waals surface area contributed by atoms with E-state index in [-0.39, 0.29) is 24.5 Å². The van der Waals surface area contributed by atoms with Crippen molar-refractivity contribution in [1.82, 2.24) is 5.32 Å². The van der Waals surface area contributed by atoms with Gasteiger partial charge in [0.05, 0.1) is 6.42 Å². The molecular weight excluding hydrogens is 304 g/mol. The number of amides is 2. The molecule has 0 heterocycles. The topological polar surface area (TPSA) is 78.4 Å². The summed E-state index contributed by atoms with van der Waals surface area (Å²) < 4.78 is 0. The summed E-state index contributed by atoms with van der Waals surface area (Å²) in [5.41, 5.74) is 1.64. The van der Waals surface area contributed by atoms with Gasteiger partial charge in [-0.1, -0.05) is 31.4 Å². The predicted octanol–water partition coefficient (Wildman–Crippen LogP) is 2.64. The van der Waals surface area contributed by atoms with Gasteiger partial charge in [0.1, 0.15) is 0 Å². The van der Waals surface area contributed by atoms with E-state index in [1.165, 1.54) is 26.2 Å². The first-order valence-corrected chi connectivity index (χ1v) is 8.85. The molecule has 2 rings (SSSR count). The first-order valence-electron chi connectivity index (χ1n) is 8.85. The monoisotopic (exact) mass is 332 g/mol. The molecule has 24 heavy (non-hydrogen) atoms. The molecule has 1 aromatic rings. The van der Waals surface area contributed by atoms with Gasteiger partial charge >= 0.3 is 0 Å². The minimum atomic E-state index is -0.111. The Bertz CT molecular complexity index is 536. The van der Waals surface area contributed by atoms with Crippen molar-refractivity contribution in [3.8, 4) is 0 Å². The van der Waals surface area contributed by atoms with E-state index in [0.29, 0.717) is 18.8 Å². The minimum absolute atomic E-state index is 0.00806. The number of hydrogen-bond acceptors (Lipinski definition) is 3. The Morgan fingerprint density at radius 3 is 2.42 bits per heavy atom. The first kappa shape index (κ1) is 18.5. The van der Waals surface area contributed by atoms with E-state index in [1.54, 1.807) is 12.1 Å². The zero-order chi connectivity index (χ0) is 17.4. The van der Waals surface area contributed by atoms with Crippen LogP contribution in [0.15, 0.2) is 24.3 Å². The van der Waals surface area contributed by atoms with E-state index in [0.717, 1.165) is 24.1 Å². The molecule has 0 saturated heterocycles. The third kappa shape index (κ3) is 5.96. The molecule has 5 heteroatoms. The predicted molar refractivity (Wildman–Crippen MR) is 94.7 cm³/mol. The maximum absolute atomic E-state index is 12.3. The summed E-state index contributed by atoms with van der Waals surface area (Å²) >= 11 is 0. The molecule has 0 aromatic heterocycles. The Balaban J connectivity index is 1.88. The first-order chi connectivity index (χ1) is 11.6. The fourth-order valence-electron chi connectivity index (χ4n) is 3.45. The lowest BCUT2D eigenvalue weighted by Crippen LogP contribution is -2.42. The molecule has 1 fully saturated rings. The lowest BCUT2D eigenvalue weighted by molar-refractivity contribution is -0.121. The lowest BCUT2D eigenvalue weighted by atomic mass is 9.82. The molecular formula is C19H28N2O3. The zero-order valence-corrected chi connectivity index (χ0v) is 14.4. The van der Waals surface area contributed by atoms with Gasteiger partial charge in [-0.15, -0.1) is 0 Å². The van der Waals surface area contributed by atoms with Crippen LogP contribution in [0.4, 0.5) is 5.69 Å². The molecule has 1 aliphatic carbocycles. The molecule has 0 bridgehead atoms. The van der Waals surface area contributed by atoms with Gasteiger partial charge in [0.2, 0.25) is 11.8 Å². The van der Waals surface area contributed by atoms with Crippen LogP contribution in [0.1, 0.15) is 51.0 Å². The van der Waals surface area contributed by atoms with Crippen molar-refractivity contribution in [3.05, 3.63) is 29.8 Å². The van der Waals surface area contributed by atoms with Crippen molar-refractivity contribution in [2.75, 3.05) is 11.9 Å². The van der Waals surface area contributed by atoms with Crippen molar-refractivity contribution in [2.45, 2.75) is 57.9 Å². The van der Waals surface area contributed by atoms with E-state index < -0.39 is 0 Å². The van der Waals surface area contributed by atoms with Gasteiger partial charge in [-0.05, 0) is 42.9 Å². The highest BCUT2D eigenvalue weighted by Crippen LogP contribution is 2.27. The number of hydrogen-bond donors (Lipinski definition) is 3. The number of carbonyl (C=O) groups is 2. The van der Waals surface area contributed by atoms with Gasteiger partial charge in [0.15, 0.2) is 0 Å². The van der Waals surface area contributed by atoms with Crippen LogP contribution in [0.3, 0.4) is 0 Å². The third-order valence-corrected chi connectivity index (χ3v) is 4.64. The van der Waals surface area contributed by atoms with Crippen LogP contribution in [0.25, 0.3) is 0 Å². The Morgan fingerprint density at radius 1 is 1.17 bits per heavy atom. The highest BCUT2D eigenvalue weighted by atomic mass is 16.3. The number of rotatable bonds is 7. The molecule has 5 nitrogen and oxygen atoms in total. The lowest BCUT2D eigenvalue weighted by Gasteiger charge is -2.30. The van der Waals surface area contributed by atoms with Crippen LogP contribution in [-0.2, 0) is 16.0 Å². The van der Waals surface area contributed by atoms with Crippen LogP contribution in [-0.4, -0.2) is 29.6 Å². The second kappa shape index (κ2) is 9.42. The van der Waals surface area contributed by atoms with Crippen molar-refractivity contribution in [1.29, 1.82) is 0 Å². The zero-order valence-electron chi connectivity index (χ0n) is 14.4. The largest absolute Gasteiger partial charge is 0.396 e. The normalized spacial score (nSPS) is 16.4. The summed E-state index contributed by atoms with van der Waals surface area (Å²) in [6.45, 7) is 1.57. The summed E-state index contributed by atoms with van der Waals surface area (Å²) in [6, 6.07) is 7.38. The van der Waals surface area contributed by atoms with Crippen LogP contribution < -0.4 is 10.6 Å². The molecule has 3 N–H and O–H groups in total. The molecule has 1 aliphatic rings. The molecule has 2 amide bonds. The fraction of sp³-hybridized carbons (Fsp3) is 0.579. The SMILES string of the molecule is CC(=O)Nc1ccc(CC(=O)NC(CCO)C2CCCCC2)cc1. The van der Waals surface area contributed by atoms with Crippen LogP contribution in [0.2, 0.25) is 0 Å². The van der Waals surface area contributed by atoms with E-state index in [9.17, 15) is 14.7 Å². The maximum atomic E-state index is 12.3. The highest BCUT2D eigenvalue weighted by Gasteiger charge is 2.24. The summed E-state index contributed by atoms with van der Waals surface area (Å²) in [6.07, 6.45) is 6.91. The van der Waals surface area contributed by atoms with E-state index >= 15 is 0 Å². The average Bonchev–Trinajstić information content (AvgIpc) is 2.56. The van der Waals surface area contributed by atoms with Gasteiger partial charge in [0, 0.05) is 25.3 Å². The number of aliphatic hydroxyl groups excluding tert-OH is 1. The fourth-order valence-corrected chi connectivity index (χ4v) is 3.45. The van der Waals surface area contributed by atoms with Crippen LogP contribution >= 0.6 is 0 Å². The van der Waals surface area contributed by atoms with Crippen LogP contribution in [0.5, 0.6) is 0 Å². The average molecular weight is 332 g/mol. The summed E-state index contributed by atoms with van der Waals surface area (Å²) in [4.78, 5) is 23.4. The number of benzene rings is 1. The second-order valence-electron chi connectivity index (χ2n) is 6.64. The third-order valence-electron chi connectivity index (χ3n) is 4.64. The number of nitrogens with one attached hydrogen (secondary N) is 2. The van der Waals surface area contributed by atoms with Crippen molar-refractivity contribution >= 4 is 17.5 Å². The smallest absolute Gasteiger partial charge is 0.224 e. The molecule has 1 saturated carbocycles. The second-order valence-corrected chi connectivity index (χ2v) is 6.64. The standard InChI is InChI=1S/C19H28N2O3/c1-14(23)20-17-9-7-15(8-10-17)13-19(24)21-18(11-12-22)16-5-3-2-4-6-16/h7-10,16,18,22H,2-6,11-13H2,1H3,(H,20,23)(H,21,24). The van der Waals surface area contributed by atoms with Crippen LogP contribution in [0, 0.1) is 5.92 Å². The summed E-state index contributed by atoms with van der Waals surface area (Å²) in [7, 11) is 0. The Morgan fingerprint density at radius 2 is 1.83 bits per heavy atom. The molecule has 1 aromatic carbocycles. The number of carbonyl (C=O) groups excluding carboxylic acids is 2. The molecule has 0 spiro atoms. The van der Waals surface area contributed by atoms with Gasteiger partial charge in [0.25, 0.3) is 0 Å². The highest BCUT2D eigenvalue weighted by molar-refractivity contribution is 5.88. The summed E-state index contributed by atoms with van der Waals surface area (Å²) in [5, 5.41) is 15.1. The molecule has 132 valence electrons. The van der Waals surface area contributed by atoms with Gasteiger partial charge in [-0.3, -0.25) is 9.59 Å². The van der Waals surface area contributed by atoms with E-state index in [4.69, 9.17) is 0 Å². The number of aliphatic hydroxyl groups is 1. The molecule has 1 unspecified atom stereocenters. The van der Waals surface area contributed by atoms with E-state index in [1.807, 2.05) is 12.1 Å². The van der Waals surface area contributed by atoms with Gasteiger partial charge in [-0.25, -0.2) is 0 Å². The van der Waals surface area contributed by atoms with Crippen molar-refractivity contribution in [3.63, 3.8) is 0 Å². The van der Waals surface area contributed by atoms with Gasteiger partial charge in [-0.2, -0.15) is 0 Å². The Labute approximate surface area is 143 Å². The summed E-state index contributed by atoms with van der Waals surface area (Å²) in [5.74, 6) is 0.364. The Hall–Kier alpha value is -1.88. The number of anilines is 1. The van der Waals surface area contributed by atoms with Gasteiger partial charge < -0.3 is 15.7 Å².